The summed E-state index contributed by atoms with van der Waals surface area (Å²) in [6.07, 6.45) is 1.90. The van der Waals surface area contributed by atoms with Crippen LogP contribution in [0.15, 0.2) is 0 Å². The molecular weight excluding hydrogens is 174 g/mol. The van der Waals surface area contributed by atoms with Crippen LogP contribution in [0.4, 0.5) is 0 Å². The van der Waals surface area contributed by atoms with Crippen molar-refractivity contribution in [2.45, 2.75) is 32.7 Å². The van der Waals surface area contributed by atoms with Crippen molar-refractivity contribution in [3.63, 3.8) is 0 Å². The van der Waals surface area contributed by atoms with Crippen LogP contribution in [0.2, 0.25) is 0 Å². The Hall–Kier alpha value is -0.590. The van der Waals surface area contributed by atoms with Gasteiger partial charge in [-0.1, -0.05) is 6.92 Å². The van der Waals surface area contributed by atoms with Gasteiger partial charge in [-0.05, 0) is 19.9 Å². The molecule has 1 aliphatic heterocycles. The third kappa shape index (κ3) is 3.28. The molecule has 0 radical (unpaired) electrons. The normalized spacial score (nSPS) is 21.8. The molecule has 1 saturated heterocycles. The van der Waals surface area contributed by atoms with Crippen molar-refractivity contribution in [3.05, 3.63) is 0 Å². The highest BCUT2D eigenvalue weighted by Gasteiger charge is 2.19. The molecule has 1 unspecified atom stereocenters. The first kappa shape index (κ1) is 11.5. The Kier molecular flexibility index (Phi) is 4.92. The Morgan fingerprint density at radius 1 is 1.29 bits per heavy atom. The summed E-state index contributed by atoms with van der Waals surface area (Å²) in [6.45, 7) is 10.2. The van der Waals surface area contributed by atoms with Gasteiger partial charge in [-0.25, -0.2) is 0 Å². The molecule has 0 aromatic carbocycles. The van der Waals surface area contributed by atoms with Crippen LogP contribution in [-0.2, 0) is 0 Å². The molecule has 0 N–H and O–H groups in total. The molecule has 0 aliphatic carbocycles. The zero-order chi connectivity index (χ0) is 10.4. The molecule has 0 bridgehead atoms. The quantitative estimate of drug-likeness (QED) is 0.677. The van der Waals surface area contributed by atoms with E-state index in [2.05, 4.69) is 29.7 Å². The lowest BCUT2D eigenvalue weighted by Gasteiger charge is -2.37. The van der Waals surface area contributed by atoms with Gasteiger partial charge in [0.2, 0.25) is 0 Å². The zero-order valence-electron chi connectivity index (χ0n) is 9.37. The van der Waals surface area contributed by atoms with E-state index in [1.165, 1.54) is 26.1 Å². The van der Waals surface area contributed by atoms with Gasteiger partial charge in [0.25, 0.3) is 0 Å². The van der Waals surface area contributed by atoms with Gasteiger partial charge in [-0.2, -0.15) is 5.26 Å². The monoisotopic (exact) mass is 195 g/mol. The Morgan fingerprint density at radius 2 is 1.93 bits per heavy atom. The van der Waals surface area contributed by atoms with Gasteiger partial charge in [-0.15, -0.1) is 0 Å². The van der Waals surface area contributed by atoms with E-state index in [1.54, 1.807) is 0 Å². The number of nitrogens with zero attached hydrogens (tertiary/aromatic N) is 3. The van der Waals surface area contributed by atoms with Crippen molar-refractivity contribution in [2.24, 2.45) is 0 Å². The predicted octanol–water partition coefficient (Wildman–Crippen LogP) is 1.32. The first-order chi connectivity index (χ1) is 6.77. The fourth-order valence-electron chi connectivity index (χ4n) is 2.01. The summed E-state index contributed by atoms with van der Waals surface area (Å²) in [5.41, 5.74) is 0. The summed E-state index contributed by atoms with van der Waals surface area (Å²) >= 11 is 0. The lowest BCUT2D eigenvalue weighted by molar-refractivity contribution is 0.104. The molecule has 0 aromatic rings. The number of hydrogen-bond acceptors (Lipinski definition) is 3. The highest BCUT2D eigenvalue weighted by atomic mass is 15.3. The van der Waals surface area contributed by atoms with Crippen molar-refractivity contribution >= 4 is 0 Å². The van der Waals surface area contributed by atoms with Gasteiger partial charge in [0.15, 0.2) is 0 Å². The Labute approximate surface area is 87.3 Å². The second-order valence-corrected chi connectivity index (χ2v) is 4.09. The third-order valence-electron chi connectivity index (χ3n) is 2.96. The summed E-state index contributed by atoms with van der Waals surface area (Å²) in [7, 11) is 0. The fourth-order valence-corrected chi connectivity index (χ4v) is 2.01. The molecule has 0 amide bonds. The molecular formula is C11H21N3. The minimum absolute atomic E-state index is 0.434. The lowest BCUT2D eigenvalue weighted by Crippen LogP contribution is -2.49. The van der Waals surface area contributed by atoms with Crippen molar-refractivity contribution in [1.29, 1.82) is 5.26 Å². The van der Waals surface area contributed by atoms with E-state index in [0.29, 0.717) is 12.5 Å². The topological polar surface area (TPSA) is 30.3 Å². The van der Waals surface area contributed by atoms with E-state index >= 15 is 0 Å². The molecule has 14 heavy (non-hydrogen) atoms. The Bertz CT molecular complexity index is 189. The van der Waals surface area contributed by atoms with E-state index in [9.17, 15) is 0 Å². The van der Waals surface area contributed by atoms with Crippen LogP contribution in [0, 0.1) is 11.3 Å². The van der Waals surface area contributed by atoms with Crippen molar-refractivity contribution in [3.8, 4) is 6.07 Å². The standard InChI is InChI=1S/C11H21N3/c1-3-6-13-7-9-14(10-8-13)11(2)4-5-12/h11H,3-4,6-10H2,1-2H3. The van der Waals surface area contributed by atoms with Gasteiger partial charge in [0.05, 0.1) is 12.5 Å². The molecule has 1 fully saturated rings. The van der Waals surface area contributed by atoms with Gasteiger partial charge in [-0.3, -0.25) is 4.90 Å². The average Bonchev–Trinajstić information content (AvgIpc) is 2.20. The highest BCUT2D eigenvalue weighted by Crippen LogP contribution is 2.08. The molecule has 1 rings (SSSR count). The van der Waals surface area contributed by atoms with E-state index in [0.717, 1.165) is 13.1 Å². The molecule has 0 saturated carbocycles. The summed E-state index contributed by atoms with van der Waals surface area (Å²) in [5.74, 6) is 0. The van der Waals surface area contributed by atoms with Crippen LogP contribution in [0.5, 0.6) is 0 Å². The van der Waals surface area contributed by atoms with Crippen molar-refractivity contribution in [1.82, 2.24) is 9.80 Å². The van der Waals surface area contributed by atoms with E-state index in [-0.39, 0.29) is 0 Å². The van der Waals surface area contributed by atoms with Crippen LogP contribution >= 0.6 is 0 Å². The SMILES string of the molecule is CCCN1CCN(C(C)CC#N)CC1. The van der Waals surface area contributed by atoms with Crippen LogP contribution in [0.3, 0.4) is 0 Å². The molecule has 0 aromatic heterocycles. The minimum atomic E-state index is 0.434. The van der Waals surface area contributed by atoms with Crippen LogP contribution < -0.4 is 0 Å². The van der Waals surface area contributed by atoms with E-state index in [1.807, 2.05) is 0 Å². The smallest absolute Gasteiger partial charge is 0.0638 e. The van der Waals surface area contributed by atoms with Gasteiger partial charge < -0.3 is 4.90 Å². The summed E-state index contributed by atoms with van der Waals surface area (Å²) < 4.78 is 0. The van der Waals surface area contributed by atoms with Gasteiger partial charge in [0.1, 0.15) is 0 Å². The first-order valence-corrected chi connectivity index (χ1v) is 5.61. The van der Waals surface area contributed by atoms with Gasteiger partial charge in [0, 0.05) is 32.2 Å². The highest BCUT2D eigenvalue weighted by molar-refractivity contribution is 4.82. The molecule has 3 heteroatoms. The number of piperazine rings is 1. The van der Waals surface area contributed by atoms with Crippen molar-refractivity contribution in [2.75, 3.05) is 32.7 Å². The summed E-state index contributed by atoms with van der Waals surface area (Å²) in [6, 6.07) is 2.68. The van der Waals surface area contributed by atoms with Crippen molar-refractivity contribution < 1.29 is 0 Å². The average molecular weight is 195 g/mol. The Morgan fingerprint density at radius 3 is 2.43 bits per heavy atom. The largest absolute Gasteiger partial charge is 0.301 e. The number of nitriles is 1. The maximum Gasteiger partial charge on any atom is 0.0638 e. The Balaban J connectivity index is 2.25. The molecule has 1 atom stereocenters. The number of hydrogen-bond donors (Lipinski definition) is 0. The molecule has 1 heterocycles. The maximum atomic E-state index is 8.62. The van der Waals surface area contributed by atoms with E-state index in [4.69, 9.17) is 5.26 Å². The van der Waals surface area contributed by atoms with Gasteiger partial charge >= 0.3 is 0 Å². The molecule has 0 spiro atoms. The first-order valence-electron chi connectivity index (χ1n) is 5.61. The second kappa shape index (κ2) is 6.00. The fraction of sp³-hybridized carbons (Fsp3) is 0.909. The summed E-state index contributed by atoms with van der Waals surface area (Å²) in [5, 5.41) is 8.62. The minimum Gasteiger partial charge on any atom is -0.301 e. The summed E-state index contributed by atoms with van der Waals surface area (Å²) in [4.78, 5) is 4.94. The predicted molar refractivity (Wildman–Crippen MR) is 58.0 cm³/mol. The second-order valence-electron chi connectivity index (χ2n) is 4.09. The third-order valence-corrected chi connectivity index (χ3v) is 2.96. The van der Waals surface area contributed by atoms with Crippen LogP contribution in [0.1, 0.15) is 26.7 Å². The molecule has 1 aliphatic rings. The zero-order valence-corrected chi connectivity index (χ0v) is 9.37. The van der Waals surface area contributed by atoms with Crippen LogP contribution in [0.25, 0.3) is 0 Å². The maximum absolute atomic E-state index is 8.62. The molecule has 80 valence electrons. The van der Waals surface area contributed by atoms with E-state index < -0.39 is 0 Å². The lowest BCUT2D eigenvalue weighted by atomic mass is 10.2. The van der Waals surface area contributed by atoms with Crippen LogP contribution in [-0.4, -0.2) is 48.6 Å². The number of rotatable bonds is 4. The molecule has 3 nitrogen and oxygen atoms in total.